The number of anilines is 3. The molecule has 0 atom stereocenters. The van der Waals surface area contributed by atoms with Crippen molar-refractivity contribution in [3.05, 3.63) is 24.2 Å². The van der Waals surface area contributed by atoms with Gasteiger partial charge < -0.3 is 24.3 Å². The number of methoxy groups -OCH3 is 1. The topological polar surface area (TPSA) is 73.8 Å². The molecule has 2 aromatic heterocycles. The van der Waals surface area contributed by atoms with Gasteiger partial charge in [-0.15, -0.1) is 0 Å². The molecule has 0 unspecified atom stereocenters. The zero-order valence-corrected chi connectivity index (χ0v) is 16.9. The fourth-order valence-electron chi connectivity index (χ4n) is 3.56. The van der Waals surface area contributed by atoms with Crippen LogP contribution in [-0.4, -0.2) is 91.4 Å². The van der Waals surface area contributed by atoms with Gasteiger partial charge in [-0.3, -0.25) is 0 Å². The highest BCUT2D eigenvalue weighted by Gasteiger charge is 2.22. The highest BCUT2D eigenvalue weighted by molar-refractivity contribution is 5.48. The van der Waals surface area contributed by atoms with Crippen molar-refractivity contribution >= 4 is 17.7 Å². The molecule has 9 heteroatoms. The lowest BCUT2D eigenvalue weighted by molar-refractivity contribution is 0.311. The molecule has 150 valence electrons. The van der Waals surface area contributed by atoms with Gasteiger partial charge in [-0.2, -0.15) is 4.98 Å². The van der Waals surface area contributed by atoms with Gasteiger partial charge in [0.2, 0.25) is 11.9 Å². The second kappa shape index (κ2) is 8.14. The monoisotopic (exact) mass is 384 g/mol. The number of hydrogen-bond acceptors (Lipinski definition) is 9. The summed E-state index contributed by atoms with van der Waals surface area (Å²) in [5.74, 6) is 3.29. The highest BCUT2D eigenvalue weighted by Crippen LogP contribution is 2.21. The third-order valence-corrected chi connectivity index (χ3v) is 5.35. The summed E-state index contributed by atoms with van der Waals surface area (Å²) in [7, 11) is 3.78. The Balaban J connectivity index is 1.42. The van der Waals surface area contributed by atoms with Crippen molar-refractivity contribution in [2.45, 2.75) is 6.92 Å². The first-order valence-corrected chi connectivity index (χ1v) is 9.77. The Morgan fingerprint density at radius 3 is 2.00 bits per heavy atom. The Morgan fingerprint density at radius 2 is 1.36 bits per heavy atom. The molecule has 2 aliphatic rings. The Morgan fingerprint density at radius 1 is 0.786 bits per heavy atom. The first-order valence-electron chi connectivity index (χ1n) is 9.77. The van der Waals surface area contributed by atoms with Crippen LogP contribution in [0.4, 0.5) is 17.7 Å². The first kappa shape index (κ1) is 18.7. The summed E-state index contributed by atoms with van der Waals surface area (Å²) in [6.07, 6.45) is 3.43. The minimum atomic E-state index is 0.676. The Bertz CT molecular complexity index is 783. The van der Waals surface area contributed by atoms with Crippen LogP contribution in [0.3, 0.4) is 0 Å². The fraction of sp³-hybridized carbons (Fsp3) is 0.579. The molecule has 0 spiro atoms. The summed E-state index contributed by atoms with van der Waals surface area (Å²) in [6, 6.07) is 2.08. The van der Waals surface area contributed by atoms with E-state index in [0.717, 1.165) is 75.8 Å². The fourth-order valence-corrected chi connectivity index (χ4v) is 3.56. The van der Waals surface area contributed by atoms with Gasteiger partial charge in [-0.05, 0) is 14.0 Å². The van der Waals surface area contributed by atoms with Gasteiger partial charge in [0, 0.05) is 64.1 Å². The van der Waals surface area contributed by atoms with Crippen LogP contribution >= 0.6 is 0 Å². The van der Waals surface area contributed by atoms with Gasteiger partial charge in [0.05, 0.1) is 19.5 Å². The summed E-state index contributed by atoms with van der Waals surface area (Å²) in [6.45, 7) is 9.58. The van der Waals surface area contributed by atoms with Crippen LogP contribution in [0.1, 0.15) is 5.69 Å². The quantitative estimate of drug-likeness (QED) is 0.756. The van der Waals surface area contributed by atoms with Crippen LogP contribution in [0, 0.1) is 6.92 Å². The molecule has 0 aliphatic carbocycles. The van der Waals surface area contributed by atoms with Crippen LogP contribution < -0.4 is 19.4 Å². The summed E-state index contributed by atoms with van der Waals surface area (Å²) in [5, 5.41) is 0. The molecular formula is C19H28N8O. The number of ether oxygens (including phenoxy) is 1. The van der Waals surface area contributed by atoms with Gasteiger partial charge in [0.25, 0.3) is 0 Å². The van der Waals surface area contributed by atoms with Gasteiger partial charge in [-0.1, -0.05) is 0 Å². The number of likely N-dealkylation sites (N-methyl/N-ethyl adjacent to an activating group) is 1. The molecule has 0 aromatic carbocycles. The summed E-state index contributed by atoms with van der Waals surface area (Å²) in [5.41, 5.74) is 1.01. The highest BCUT2D eigenvalue weighted by atomic mass is 16.5. The molecule has 0 radical (unpaired) electrons. The number of piperazine rings is 2. The SMILES string of the molecule is COc1cnc(N2CCN(c3cc(C)nc(N4CCN(C)CC4)n3)CC2)nc1. The van der Waals surface area contributed by atoms with Gasteiger partial charge in [0.15, 0.2) is 5.75 Å². The smallest absolute Gasteiger partial charge is 0.227 e. The second-order valence-corrected chi connectivity index (χ2v) is 7.35. The number of rotatable bonds is 4. The van der Waals surface area contributed by atoms with E-state index >= 15 is 0 Å². The molecule has 0 saturated carbocycles. The van der Waals surface area contributed by atoms with Crippen molar-refractivity contribution in [2.24, 2.45) is 0 Å². The Labute approximate surface area is 166 Å². The molecule has 2 fully saturated rings. The van der Waals surface area contributed by atoms with Gasteiger partial charge >= 0.3 is 0 Å². The van der Waals surface area contributed by atoms with Crippen molar-refractivity contribution in [3.63, 3.8) is 0 Å². The van der Waals surface area contributed by atoms with E-state index in [1.165, 1.54) is 0 Å². The van der Waals surface area contributed by atoms with Gasteiger partial charge in [0.1, 0.15) is 5.82 Å². The van der Waals surface area contributed by atoms with E-state index in [1.54, 1.807) is 19.5 Å². The van der Waals surface area contributed by atoms with E-state index in [2.05, 4.69) is 47.7 Å². The molecule has 0 N–H and O–H groups in total. The lowest BCUT2D eigenvalue weighted by atomic mass is 10.3. The molecule has 2 aromatic rings. The first-order chi connectivity index (χ1) is 13.6. The van der Waals surface area contributed by atoms with Crippen LogP contribution in [0.5, 0.6) is 5.75 Å². The van der Waals surface area contributed by atoms with Crippen LogP contribution in [0.25, 0.3) is 0 Å². The van der Waals surface area contributed by atoms with Crippen LogP contribution in [0.2, 0.25) is 0 Å². The van der Waals surface area contributed by atoms with E-state index in [1.807, 2.05) is 6.92 Å². The minimum absolute atomic E-state index is 0.676. The predicted octanol–water partition coefficient (Wildman–Crippen LogP) is 0.662. The van der Waals surface area contributed by atoms with E-state index in [0.29, 0.717) is 5.75 Å². The zero-order valence-electron chi connectivity index (χ0n) is 16.9. The molecule has 2 saturated heterocycles. The van der Waals surface area contributed by atoms with E-state index in [9.17, 15) is 0 Å². The van der Waals surface area contributed by atoms with E-state index in [4.69, 9.17) is 9.72 Å². The van der Waals surface area contributed by atoms with Crippen molar-refractivity contribution in [3.8, 4) is 5.75 Å². The third-order valence-electron chi connectivity index (χ3n) is 5.35. The standard InChI is InChI=1S/C19H28N8O/c1-15-12-17(23-19(22-15)27-6-4-24(2)5-7-27)25-8-10-26(11-9-25)18-20-13-16(28-3)14-21-18/h12-14H,4-11H2,1-3H3. The Kier molecular flexibility index (Phi) is 5.43. The third kappa shape index (κ3) is 4.09. The lowest BCUT2D eigenvalue weighted by Crippen LogP contribution is -2.48. The summed E-state index contributed by atoms with van der Waals surface area (Å²) in [4.78, 5) is 27.5. The number of nitrogens with zero attached hydrogens (tertiary/aromatic N) is 8. The Hall–Kier alpha value is -2.68. The minimum Gasteiger partial charge on any atom is -0.494 e. The normalized spacial score (nSPS) is 18.5. The molecule has 28 heavy (non-hydrogen) atoms. The predicted molar refractivity (Wildman–Crippen MR) is 109 cm³/mol. The van der Waals surface area contributed by atoms with Crippen LogP contribution in [0.15, 0.2) is 18.5 Å². The average Bonchev–Trinajstić information content (AvgIpc) is 2.74. The second-order valence-electron chi connectivity index (χ2n) is 7.35. The average molecular weight is 384 g/mol. The molecule has 0 amide bonds. The van der Waals surface area contributed by atoms with Crippen molar-refractivity contribution in [2.75, 3.05) is 81.2 Å². The summed E-state index contributed by atoms with van der Waals surface area (Å²) < 4.78 is 5.14. The van der Waals surface area contributed by atoms with Gasteiger partial charge in [-0.25, -0.2) is 15.0 Å². The van der Waals surface area contributed by atoms with Crippen LogP contribution in [-0.2, 0) is 0 Å². The largest absolute Gasteiger partial charge is 0.494 e. The lowest BCUT2D eigenvalue weighted by Gasteiger charge is -2.36. The number of hydrogen-bond donors (Lipinski definition) is 0. The van der Waals surface area contributed by atoms with E-state index in [-0.39, 0.29) is 0 Å². The molecule has 2 aliphatic heterocycles. The van der Waals surface area contributed by atoms with Crippen molar-refractivity contribution < 1.29 is 4.74 Å². The van der Waals surface area contributed by atoms with Crippen molar-refractivity contribution in [1.29, 1.82) is 0 Å². The van der Waals surface area contributed by atoms with Crippen molar-refractivity contribution in [1.82, 2.24) is 24.8 Å². The maximum Gasteiger partial charge on any atom is 0.227 e. The number of aryl methyl sites for hydroxylation is 1. The molecule has 9 nitrogen and oxygen atoms in total. The van der Waals surface area contributed by atoms with E-state index < -0.39 is 0 Å². The zero-order chi connectivity index (χ0) is 19.5. The number of aromatic nitrogens is 4. The molecule has 4 rings (SSSR count). The maximum atomic E-state index is 5.14. The molecular weight excluding hydrogens is 356 g/mol. The molecule has 0 bridgehead atoms. The maximum absolute atomic E-state index is 5.14. The molecule has 4 heterocycles. The summed E-state index contributed by atoms with van der Waals surface area (Å²) >= 11 is 0.